The molecule has 4 heteroatoms. The minimum Gasteiger partial charge on any atom is -0.393 e. The summed E-state index contributed by atoms with van der Waals surface area (Å²) >= 11 is 3.15. The van der Waals surface area contributed by atoms with E-state index in [0.717, 1.165) is 31.5 Å². The lowest BCUT2D eigenvalue weighted by Crippen LogP contribution is -2.16. The van der Waals surface area contributed by atoms with Crippen molar-refractivity contribution in [3.63, 3.8) is 0 Å². The third-order valence-corrected chi connectivity index (χ3v) is 2.90. The molecule has 0 radical (unpaired) electrons. The van der Waals surface area contributed by atoms with Crippen LogP contribution < -0.4 is 5.32 Å². The largest absolute Gasteiger partial charge is 0.393 e. The molecule has 90 valence electrons. The second-order valence-corrected chi connectivity index (χ2v) is 4.77. The average molecular weight is 290 g/mol. The van der Waals surface area contributed by atoms with Crippen molar-refractivity contribution in [1.29, 1.82) is 0 Å². The van der Waals surface area contributed by atoms with Crippen LogP contribution in [0.15, 0.2) is 22.7 Å². The Morgan fingerprint density at radius 1 is 1.50 bits per heavy atom. The van der Waals surface area contributed by atoms with E-state index in [1.54, 1.807) is 19.1 Å². The molecule has 1 aromatic carbocycles. The molecule has 0 aliphatic carbocycles. The predicted octanol–water partition coefficient (Wildman–Crippen LogP) is 2.84. The summed E-state index contributed by atoms with van der Waals surface area (Å²) in [5, 5.41) is 12.3. The summed E-state index contributed by atoms with van der Waals surface area (Å²) in [5.74, 6) is -0.238. The molecule has 1 rings (SSSR count). The van der Waals surface area contributed by atoms with Crippen LogP contribution in [-0.2, 0) is 6.54 Å². The normalized spacial score (nSPS) is 12.8. The van der Waals surface area contributed by atoms with Gasteiger partial charge in [0.15, 0.2) is 0 Å². The molecular formula is C12H17BrFNO. The van der Waals surface area contributed by atoms with E-state index in [0.29, 0.717) is 4.47 Å². The monoisotopic (exact) mass is 289 g/mol. The zero-order valence-electron chi connectivity index (χ0n) is 9.34. The van der Waals surface area contributed by atoms with Gasteiger partial charge >= 0.3 is 0 Å². The van der Waals surface area contributed by atoms with E-state index >= 15 is 0 Å². The SMILES string of the molecule is CC(O)CCCNCc1ccc(F)c(Br)c1. The molecule has 0 heterocycles. The quantitative estimate of drug-likeness (QED) is 0.790. The summed E-state index contributed by atoms with van der Waals surface area (Å²) in [6.45, 7) is 3.37. The topological polar surface area (TPSA) is 32.3 Å². The molecule has 1 atom stereocenters. The first-order chi connectivity index (χ1) is 7.59. The van der Waals surface area contributed by atoms with Gasteiger partial charge in [-0.1, -0.05) is 6.07 Å². The zero-order chi connectivity index (χ0) is 12.0. The van der Waals surface area contributed by atoms with E-state index in [1.165, 1.54) is 6.07 Å². The van der Waals surface area contributed by atoms with Gasteiger partial charge in [-0.25, -0.2) is 4.39 Å². The van der Waals surface area contributed by atoms with Crippen molar-refractivity contribution < 1.29 is 9.50 Å². The Hall–Kier alpha value is -0.450. The maximum absolute atomic E-state index is 12.9. The zero-order valence-corrected chi connectivity index (χ0v) is 10.9. The Morgan fingerprint density at radius 2 is 2.25 bits per heavy atom. The van der Waals surface area contributed by atoms with E-state index in [9.17, 15) is 4.39 Å². The van der Waals surface area contributed by atoms with Gasteiger partial charge in [-0.2, -0.15) is 0 Å². The van der Waals surface area contributed by atoms with Crippen LogP contribution >= 0.6 is 15.9 Å². The van der Waals surface area contributed by atoms with Gasteiger partial charge in [0.25, 0.3) is 0 Å². The molecule has 0 spiro atoms. The van der Waals surface area contributed by atoms with E-state index in [2.05, 4.69) is 21.2 Å². The number of nitrogens with one attached hydrogen (secondary N) is 1. The highest BCUT2D eigenvalue weighted by Crippen LogP contribution is 2.16. The van der Waals surface area contributed by atoms with Gasteiger partial charge in [0, 0.05) is 6.54 Å². The Balaban J connectivity index is 2.24. The van der Waals surface area contributed by atoms with Gasteiger partial charge in [-0.15, -0.1) is 0 Å². The van der Waals surface area contributed by atoms with Gasteiger partial charge in [0.2, 0.25) is 0 Å². The van der Waals surface area contributed by atoms with Crippen molar-refractivity contribution in [2.45, 2.75) is 32.4 Å². The summed E-state index contributed by atoms with van der Waals surface area (Å²) in [5.41, 5.74) is 1.05. The molecule has 2 nitrogen and oxygen atoms in total. The minimum absolute atomic E-state index is 0.234. The molecule has 0 aromatic heterocycles. The van der Waals surface area contributed by atoms with E-state index in [-0.39, 0.29) is 11.9 Å². The summed E-state index contributed by atoms with van der Waals surface area (Å²) in [4.78, 5) is 0. The van der Waals surface area contributed by atoms with Crippen molar-refractivity contribution >= 4 is 15.9 Å². The second kappa shape index (κ2) is 6.99. The van der Waals surface area contributed by atoms with Crippen LogP contribution in [-0.4, -0.2) is 17.8 Å². The van der Waals surface area contributed by atoms with Gasteiger partial charge in [0.05, 0.1) is 10.6 Å². The number of halogens is 2. The summed E-state index contributed by atoms with van der Waals surface area (Å²) in [6, 6.07) is 5.00. The molecule has 0 amide bonds. The van der Waals surface area contributed by atoms with Gasteiger partial charge < -0.3 is 10.4 Å². The average Bonchev–Trinajstić information content (AvgIpc) is 2.22. The van der Waals surface area contributed by atoms with Crippen LogP contribution in [0.2, 0.25) is 0 Å². The van der Waals surface area contributed by atoms with Crippen LogP contribution in [0.1, 0.15) is 25.3 Å². The highest BCUT2D eigenvalue weighted by Gasteiger charge is 2.00. The number of rotatable bonds is 6. The Kier molecular flexibility index (Phi) is 5.95. The Morgan fingerprint density at radius 3 is 2.88 bits per heavy atom. The van der Waals surface area contributed by atoms with Crippen molar-refractivity contribution in [3.8, 4) is 0 Å². The lowest BCUT2D eigenvalue weighted by atomic mass is 10.2. The third-order valence-electron chi connectivity index (χ3n) is 2.29. The smallest absolute Gasteiger partial charge is 0.137 e. The number of aliphatic hydroxyl groups excluding tert-OH is 1. The van der Waals surface area contributed by atoms with Crippen molar-refractivity contribution in [1.82, 2.24) is 5.32 Å². The predicted molar refractivity (Wildman–Crippen MR) is 66.7 cm³/mol. The fourth-order valence-electron chi connectivity index (χ4n) is 1.40. The van der Waals surface area contributed by atoms with E-state index in [4.69, 9.17) is 5.11 Å². The number of hydrogen-bond acceptors (Lipinski definition) is 2. The fraction of sp³-hybridized carbons (Fsp3) is 0.500. The minimum atomic E-state index is -0.238. The standard InChI is InChI=1S/C12H17BrFNO/c1-9(16)3-2-6-15-8-10-4-5-12(14)11(13)7-10/h4-5,7,9,15-16H,2-3,6,8H2,1H3. The molecule has 2 N–H and O–H groups in total. The summed E-state index contributed by atoms with van der Waals surface area (Å²) in [6.07, 6.45) is 1.52. The molecule has 0 aliphatic rings. The number of hydrogen-bond donors (Lipinski definition) is 2. The Bertz CT molecular complexity index is 331. The molecule has 0 saturated heterocycles. The first kappa shape index (κ1) is 13.6. The molecule has 0 bridgehead atoms. The van der Waals surface area contributed by atoms with Crippen LogP contribution in [0.4, 0.5) is 4.39 Å². The van der Waals surface area contributed by atoms with Crippen LogP contribution in [0, 0.1) is 5.82 Å². The van der Waals surface area contributed by atoms with Crippen LogP contribution in [0.25, 0.3) is 0 Å². The van der Waals surface area contributed by atoms with Gasteiger partial charge in [0.1, 0.15) is 5.82 Å². The molecule has 0 fully saturated rings. The van der Waals surface area contributed by atoms with Crippen molar-refractivity contribution in [2.24, 2.45) is 0 Å². The molecule has 1 unspecified atom stereocenters. The van der Waals surface area contributed by atoms with Crippen LogP contribution in [0.5, 0.6) is 0 Å². The van der Waals surface area contributed by atoms with E-state index < -0.39 is 0 Å². The fourth-order valence-corrected chi connectivity index (χ4v) is 1.83. The third kappa shape index (κ3) is 5.05. The molecular weight excluding hydrogens is 273 g/mol. The summed E-state index contributed by atoms with van der Waals surface area (Å²) in [7, 11) is 0. The molecule has 16 heavy (non-hydrogen) atoms. The number of benzene rings is 1. The van der Waals surface area contributed by atoms with Crippen molar-refractivity contribution in [2.75, 3.05) is 6.54 Å². The lowest BCUT2D eigenvalue weighted by Gasteiger charge is -2.07. The summed E-state index contributed by atoms with van der Waals surface area (Å²) < 4.78 is 13.4. The lowest BCUT2D eigenvalue weighted by molar-refractivity contribution is 0.181. The first-order valence-electron chi connectivity index (χ1n) is 5.42. The van der Waals surface area contributed by atoms with Gasteiger partial charge in [-0.05, 0) is 59.9 Å². The molecule has 0 saturated carbocycles. The van der Waals surface area contributed by atoms with Gasteiger partial charge in [-0.3, -0.25) is 0 Å². The second-order valence-electron chi connectivity index (χ2n) is 3.92. The Labute approximate surface area is 104 Å². The maximum Gasteiger partial charge on any atom is 0.137 e. The highest BCUT2D eigenvalue weighted by atomic mass is 79.9. The van der Waals surface area contributed by atoms with E-state index in [1.807, 2.05) is 0 Å². The first-order valence-corrected chi connectivity index (χ1v) is 6.21. The molecule has 0 aliphatic heterocycles. The van der Waals surface area contributed by atoms with Crippen molar-refractivity contribution in [3.05, 3.63) is 34.1 Å². The number of aliphatic hydroxyl groups is 1. The molecule has 1 aromatic rings. The maximum atomic E-state index is 12.9. The van der Waals surface area contributed by atoms with Crippen LogP contribution in [0.3, 0.4) is 0 Å². The highest BCUT2D eigenvalue weighted by molar-refractivity contribution is 9.10.